The minimum absolute atomic E-state index is 0.0478. The molecule has 7 heteroatoms. The van der Waals surface area contributed by atoms with Crippen molar-refractivity contribution in [1.29, 1.82) is 0 Å². The van der Waals surface area contributed by atoms with Gasteiger partial charge in [0.25, 0.3) is 11.8 Å². The Labute approximate surface area is 143 Å². The predicted octanol–water partition coefficient (Wildman–Crippen LogP) is 2.90. The lowest BCUT2D eigenvalue weighted by Gasteiger charge is -2.27. The second-order valence-corrected chi connectivity index (χ2v) is 5.44. The number of amides is 2. The zero-order valence-corrected chi connectivity index (χ0v) is 13.4. The number of nitrogens with zero attached hydrogens (tertiary/aromatic N) is 2. The fraction of sp³-hybridized carbons (Fsp3) is 0.118. The van der Waals surface area contributed by atoms with Gasteiger partial charge in [-0.3, -0.25) is 14.5 Å². The highest BCUT2D eigenvalue weighted by Gasteiger charge is 2.26. The maximum absolute atomic E-state index is 12.3. The number of aromatic nitrogens is 1. The van der Waals surface area contributed by atoms with Crippen molar-refractivity contribution < 1.29 is 14.3 Å². The normalized spacial score (nSPS) is 13.0. The number of hydrogen-bond donors (Lipinski definition) is 1. The Hall–Kier alpha value is -2.86. The minimum atomic E-state index is -0.383. The molecule has 1 aliphatic rings. The lowest BCUT2D eigenvalue weighted by atomic mass is 10.2. The zero-order chi connectivity index (χ0) is 17.1. The van der Waals surface area contributed by atoms with Crippen molar-refractivity contribution in [2.45, 2.75) is 0 Å². The first-order chi connectivity index (χ1) is 11.6. The van der Waals surface area contributed by atoms with E-state index in [1.54, 1.807) is 42.5 Å². The molecule has 1 aromatic carbocycles. The van der Waals surface area contributed by atoms with Crippen LogP contribution in [0.5, 0.6) is 5.75 Å². The number of anilines is 2. The van der Waals surface area contributed by atoms with Crippen LogP contribution in [0.4, 0.5) is 11.6 Å². The van der Waals surface area contributed by atoms with Gasteiger partial charge in [0.2, 0.25) is 0 Å². The van der Waals surface area contributed by atoms with Gasteiger partial charge in [-0.15, -0.1) is 6.58 Å². The van der Waals surface area contributed by atoms with Gasteiger partial charge in [0.05, 0.1) is 10.6 Å². The maximum Gasteiger partial charge on any atom is 0.266 e. The molecule has 6 nitrogen and oxygen atoms in total. The fourth-order valence-corrected chi connectivity index (χ4v) is 2.51. The smallest absolute Gasteiger partial charge is 0.266 e. The summed E-state index contributed by atoms with van der Waals surface area (Å²) in [5.41, 5.74) is 0.342. The van der Waals surface area contributed by atoms with Crippen LogP contribution in [0.1, 0.15) is 10.4 Å². The SMILES string of the molecule is C=CCN1C(=O)COc2ccc(NC(=O)c3ccccc3Cl)nc21. The van der Waals surface area contributed by atoms with Gasteiger partial charge >= 0.3 is 0 Å². The summed E-state index contributed by atoms with van der Waals surface area (Å²) < 4.78 is 5.35. The van der Waals surface area contributed by atoms with Gasteiger partial charge in [-0.1, -0.05) is 29.8 Å². The van der Waals surface area contributed by atoms with E-state index in [0.717, 1.165) is 0 Å². The molecular formula is C17H14ClN3O3. The summed E-state index contributed by atoms with van der Waals surface area (Å²) in [6, 6.07) is 9.98. The van der Waals surface area contributed by atoms with Crippen molar-refractivity contribution in [2.75, 3.05) is 23.4 Å². The quantitative estimate of drug-likeness (QED) is 0.866. The highest BCUT2D eigenvalue weighted by atomic mass is 35.5. The van der Waals surface area contributed by atoms with Gasteiger partial charge in [-0.25, -0.2) is 4.98 Å². The summed E-state index contributed by atoms with van der Waals surface area (Å²) in [4.78, 5) is 30.0. The number of pyridine rings is 1. The first-order valence-corrected chi connectivity index (χ1v) is 7.59. The Morgan fingerprint density at radius 1 is 1.38 bits per heavy atom. The fourth-order valence-electron chi connectivity index (χ4n) is 2.29. The molecule has 1 aromatic heterocycles. The first-order valence-electron chi connectivity index (χ1n) is 7.21. The van der Waals surface area contributed by atoms with E-state index in [1.807, 2.05) is 0 Å². The van der Waals surface area contributed by atoms with E-state index in [1.165, 1.54) is 4.90 Å². The maximum atomic E-state index is 12.3. The molecule has 0 saturated heterocycles. The second kappa shape index (κ2) is 6.72. The number of nitrogens with one attached hydrogen (secondary N) is 1. The first kappa shape index (κ1) is 16.0. The summed E-state index contributed by atoms with van der Waals surface area (Å²) in [7, 11) is 0. The number of fused-ring (bicyclic) bond motifs is 1. The highest BCUT2D eigenvalue weighted by molar-refractivity contribution is 6.34. The van der Waals surface area contributed by atoms with Gasteiger partial charge in [0.1, 0.15) is 5.82 Å². The predicted molar refractivity (Wildman–Crippen MR) is 91.7 cm³/mol. The summed E-state index contributed by atoms with van der Waals surface area (Å²) in [5, 5.41) is 3.02. The molecule has 122 valence electrons. The summed E-state index contributed by atoms with van der Waals surface area (Å²) >= 11 is 6.02. The van der Waals surface area contributed by atoms with Gasteiger partial charge in [-0.2, -0.15) is 0 Å². The molecule has 2 heterocycles. The average molecular weight is 344 g/mol. The van der Waals surface area contributed by atoms with Gasteiger partial charge in [0.15, 0.2) is 18.2 Å². The van der Waals surface area contributed by atoms with E-state index in [9.17, 15) is 9.59 Å². The molecule has 0 bridgehead atoms. The molecule has 1 aliphatic heterocycles. The lowest BCUT2D eigenvalue weighted by molar-refractivity contribution is -0.121. The molecule has 0 radical (unpaired) electrons. The minimum Gasteiger partial charge on any atom is -0.480 e. The molecule has 0 unspecified atom stereocenters. The topological polar surface area (TPSA) is 71.5 Å². The van der Waals surface area contributed by atoms with Crippen LogP contribution < -0.4 is 15.0 Å². The van der Waals surface area contributed by atoms with Crippen molar-refractivity contribution in [2.24, 2.45) is 0 Å². The van der Waals surface area contributed by atoms with Crippen molar-refractivity contribution >= 4 is 35.1 Å². The molecule has 2 amide bonds. The Bertz CT molecular complexity index is 822. The van der Waals surface area contributed by atoms with Crippen LogP contribution in [-0.4, -0.2) is 29.9 Å². The third kappa shape index (κ3) is 3.09. The third-order valence-electron chi connectivity index (χ3n) is 3.42. The van der Waals surface area contributed by atoms with Crippen LogP contribution in [0.3, 0.4) is 0 Å². The van der Waals surface area contributed by atoms with Gasteiger partial charge in [-0.05, 0) is 24.3 Å². The molecule has 0 spiro atoms. The molecule has 3 rings (SSSR count). The summed E-state index contributed by atoms with van der Waals surface area (Å²) in [5.74, 6) is 0.525. The van der Waals surface area contributed by atoms with Crippen LogP contribution in [-0.2, 0) is 4.79 Å². The molecule has 0 saturated carbocycles. The molecular weight excluding hydrogens is 330 g/mol. The van der Waals surface area contributed by atoms with E-state index in [-0.39, 0.29) is 18.4 Å². The van der Waals surface area contributed by atoms with Crippen molar-refractivity contribution in [3.05, 3.63) is 59.6 Å². The zero-order valence-electron chi connectivity index (χ0n) is 12.7. The molecule has 2 aromatic rings. The number of rotatable bonds is 4. The average Bonchev–Trinajstić information content (AvgIpc) is 2.58. The Morgan fingerprint density at radius 2 is 2.17 bits per heavy atom. The molecule has 0 atom stereocenters. The van der Waals surface area contributed by atoms with Crippen molar-refractivity contribution in [1.82, 2.24) is 4.98 Å². The third-order valence-corrected chi connectivity index (χ3v) is 3.75. The Balaban J connectivity index is 1.88. The van der Waals surface area contributed by atoms with Crippen molar-refractivity contribution in [3.8, 4) is 5.75 Å². The van der Waals surface area contributed by atoms with E-state index >= 15 is 0 Å². The monoisotopic (exact) mass is 343 g/mol. The van der Waals surface area contributed by atoms with E-state index in [0.29, 0.717) is 34.5 Å². The van der Waals surface area contributed by atoms with Crippen LogP contribution in [0, 0.1) is 0 Å². The van der Waals surface area contributed by atoms with Crippen LogP contribution >= 0.6 is 11.6 Å². The van der Waals surface area contributed by atoms with E-state index in [4.69, 9.17) is 16.3 Å². The Morgan fingerprint density at radius 3 is 2.92 bits per heavy atom. The second-order valence-electron chi connectivity index (χ2n) is 5.03. The van der Waals surface area contributed by atoms with Crippen LogP contribution in [0.25, 0.3) is 0 Å². The number of carbonyl (C=O) groups excluding carboxylic acids is 2. The number of ether oxygens (including phenoxy) is 1. The number of hydrogen-bond acceptors (Lipinski definition) is 4. The number of benzene rings is 1. The number of carbonyl (C=O) groups is 2. The van der Waals surface area contributed by atoms with Gasteiger partial charge in [0, 0.05) is 6.54 Å². The molecule has 1 N–H and O–H groups in total. The largest absolute Gasteiger partial charge is 0.480 e. The standard InChI is InChI=1S/C17H14ClN3O3/c1-2-9-21-15(22)10-24-13-7-8-14(19-16(13)21)20-17(23)11-5-3-4-6-12(11)18/h2-8H,1,9-10H2,(H,19,20,23). The summed E-state index contributed by atoms with van der Waals surface area (Å²) in [6.45, 7) is 3.90. The van der Waals surface area contributed by atoms with Gasteiger partial charge < -0.3 is 10.1 Å². The van der Waals surface area contributed by atoms with E-state index in [2.05, 4.69) is 16.9 Å². The van der Waals surface area contributed by atoms with Crippen molar-refractivity contribution in [3.63, 3.8) is 0 Å². The highest BCUT2D eigenvalue weighted by Crippen LogP contribution is 2.31. The number of halogens is 1. The van der Waals surface area contributed by atoms with Crippen LogP contribution in [0.2, 0.25) is 5.02 Å². The molecule has 24 heavy (non-hydrogen) atoms. The lowest BCUT2D eigenvalue weighted by Crippen LogP contribution is -2.39. The van der Waals surface area contributed by atoms with Crippen LogP contribution in [0.15, 0.2) is 49.1 Å². The molecule has 0 aliphatic carbocycles. The van der Waals surface area contributed by atoms with E-state index < -0.39 is 0 Å². The molecule has 0 fully saturated rings. The summed E-state index contributed by atoms with van der Waals surface area (Å²) in [6.07, 6.45) is 1.60. The Kier molecular flexibility index (Phi) is 4.48.